The number of carbonyl (C=O) groups excluding carboxylic acids is 2. The van der Waals surface area contributed by atoms with E-state index in [-0.39, 0.29) is 0 Å². The van der Waals surface area contributed by atoms with Crippen LogP contribution in [0.4, 0.5) is 13.2 Å². The minimum Gasteiger partial charge on any atom is -0.504 e. The minimum atomic E-state index is -4.66. The molecule has 0 aliphatic rings. The second-order valence-electron chi connectivity index (χ2n) is 3.73. The Balaban J connectivity index is 4.60. The third kappa shape index (κ3) is 3.67. The molecule has 0 aliphatic carbocycles. The van der Waals surface area contributed by atoms with E-state index in [1.54, 1.807) is 0 Å². The number of hydrogen-bond donors (Lipinski definition) is 0. The largest absolute Gasteiger partial charge is 0.504 e. The molecule has 0 radical (unpaired) electrons. The van der Waals surface area contributed by atoms with Gasteiger partial charge in [-0.15, -0.1) is 0 Å². The summed E-state index contributed by atoms with van der Waals surface area (Å²) < 4.78 is 41.6. The van der Waals surface area contributed by atoms with Crippen LogP contribution in [0.1, 0.15) is 20.3 Å². The Labute approximate surface area is 91.3 Å². The molecule has 0 rings (SSSR count). The maximum Gasteiger partial charge on any atom is 0.400 e. The molecule has 0 bridgehead atoms. The number of Topliss-reactive ketones (excluding diaryl/α,β-unsaturated/α-hetero) is 1. The topological polar surface area (TPSA) is 43.4 Å². The van der Waals surface area contributed by atoms with Crippen LogP contribution in [-0.4, -0.2) is 24.9 Å². The van der Waals surface area contributed by atoms with E-state index in [0.717, 1.165) is 26.2 Å². The lowest BCUT2D eigenvalue weighted by Gasteiger charge is -2.25. The second-order valence-corrected chi connectivity index (χ2v) is 3.73. The van der Waals surface area contributed by atoms with Gasteiger partial charge in [-0.3, -0.25) is 9.59 Å². The number of rotatable bonds is 5. The van der Waals surface area contributed by atoms with Gasteiger partial charge in [-0.25, -0.2) is 0 Å². The number of halogens is 3. The van der Waals surface area contributed by atoms with Crippen LogP contribution in [0.5, 0.6) is 0 Å². The molecule has 0 saturated carbocycles. The molecule has 0 spiro atoms. The Morgan fingerprint density at radius 3 is 2.12 bits per heavy atom. The van der Waals surface area contributed by atoms with Gasteiger partial charge in [0.25, 0.3) is 0 Å². The van der Waals surface area contributed by atoms with Crippen LogP contribution in [0.3, 0.4) is 0 Å². The first kappa shape index (κ1) is 14.7. The summed E-state index contributed by atoms with van der Waals surface area (Å²) in [6, 6.07) is 0. The smallest absolute Gasteiger partial charge is 0.400 e. The molecule has 92 valence electrons. The van der Waals surface area contributed by atoms with Gasteiger partial charge in [-0.05, 0) is 13.8 Å². The van der Waals surface area contributed by atoms with E-state index in [1.807, 2.05) is 0 Å². The van der Waals surface area contributed by atoms with Crippen molar-refractivity contribution in [2.45, 2.75) is 26.4 Å². The van der Waals surface area contributed by atoms with E-state index < -0.39 is 29.6 Å². The highest BCUT2D eigenvalue weighted by molar-refractivity contribution is 6.06. The highest BCUT2D eigenvalue weighted by atomic mass is 19.4. The van der Waals surface area contributed by atoms with Crippen molar-refractivity contribution in [3.8, 4) is 0 Å². The summed E-state index contributed by atoms with van der Waals surface area (Å²) in [6.07, 6.45) is -3.51. The third-order valence-corrected chi connectivity index (χ3v) is 2.13. The molecule has 0 heterocycles. The Morgan fingerprint density at radius 2 is 1.75 bits per heavy atom. The molecule has 3 nitrogen and oxygen atoms in total. The summed E-state index contributed by atoms with van der Waals surface area (Å²) in [4.78, 5) is 22.3. The van der Waals surface area contributed by atoms with Gasteiger partial charge in [0.15, 0.2) is 11.6 Å². The van der Waals surface area contributed by atoms with Crippen LogP contribution in [0, 0.1) is 5.41 Å². The summed E-state index contributed by atoms with van der Waals surface area (Å²) in [5.74, 6) is -1.88. The standard InChI is InChI=1S/C10H13F3O3/c1-9(2,10(11,12)13)8(15)6-7(14)4-5-16-3/h4-5H,6H2,1-3H3/b5-4+. The second kappa shape index (κ2) is 5.14. The number of ketones is 2. The van der Waals surface area contributed by atoms with Crippen LogP contribution in [0.2, 0.25) is 0 Å². The van der Waals surface area contributed by atoms with Gasteiger partial charge in [0.05, 0.1) is 19.8 Å². The van der Waals surface area contributed by atoms with Crippen molar-refractivity contribution in [1.29, 1.82) is 0 Å². The van der Waals surface area contributed by atoms with Crippen molar-refractivity contribution < 1.29 is 27.5 Å². The molecule has 0 unspecified atom stereocenters. The maximum atomic E-state index is 12.4. The number of carbonyl (C=O) groups is 2. The highest BCUT2D eigenvalue weighted by Gasteiger charge is 2.52. The van der Waals surface area contributed by atoms with Gasteiger partial charge in [0.2, 0.25) is 0 Å². The molecule has 0 saturated heterocycles. The van der Waals surface area contributed by atoms with Crippen molar-refractivity contribution in [3.05, 3.63) is 12.3 Å². The fraction of sp³-hybridized carbons (Fsp3) is 0.600. The normalized spacial score (nSPS) is 12.9. The van der Waals surface area contributed by atoms with Gasteiger partial charge < -0.3 is 4.74 Å². The van der Waals surface area contributed by atoms with Crippen LogP contribution >= 0.6 is 0 Å². The molecule has 16 heavy (non-hydrogen) atoms. The van der Waals surface area contributed by atoms with Crippen LogP contribution in [0.15, 0.2) is 12.3 Å². The summed E-state index contributed by atoms with van der Waals surface area (Å²) in [5, 5.41) is 0. The number of allylic oxidation sites excluding steroid dienone is 1. The summed E-state index contributed by atoms with van der Waals surface area (Å²) in [7, 11) is 1.28. The zero-order chi connectivity index (χ0) is 13.0. The Hall–Kier alpha value is -1.33. The zero-order valence-corrected chi connectivity index (χ0v) is 9.22. The zero-order valence-electron chi connectivity index (χ0n) is 9.22. The number of methoxy groups -OCH3 is 1. The van der Waals surface area contributed by atoms with Crippen molar-refractivity contribution in [2.75, 3.05) is 7.11 Å². The fourth-order valence-electron chi connectivity index (χ4n) is 0.740. The molecule has 0 aromatic rings. The van der Waals surface area contributed by atoms with Gasteiger partial charge in [-0.2, -0.15) is 13.2 Å². The predicted molar refractivity (Wildman–Crippen MR) is 50.6 cm³/mol. The van der Waals surface area contributed by atoms with Crippen molar-refractivity contribution >= 4 is 11.6 Å². The van der Waals surface area contributed by atoms with E-state index in [4.69, 9.17) is 0 Å². The van der Waals surface area contributed by atoms with E-state index in [1.165, 1.54) is 7.11 Å². The van der Waals surface area contributed by atoms with E-state index in [2.05, 4.69) is 4.74 Å². The lowest BCUT2D eigenvalue weighted by Crippen LogP contribution is -2.40. The summed E-state index contributed by atoms with van der Waals surface area (Å²) in [6.45, 7) is 1.51. The van der Waals surface area contributed by atoms with Crippen LogP contribution in [0.25, 0.3) is 0 Å². The van der Waals surface area contributed by atoms with Crippen LogP contribution < -0.4 is 0 Å². The fourth-order valence-corrected chi connectivity index (χ4v) is 0.740. The first-order valence-corrected chi connectivity index (χ1v) is 4.45. The number of alkyl halides is 3. The van der Waals surface area contributed by atoms with E-state index >= 15 is 0 Å². The molecule has 6 heteroatoms. The highest BCUT2D eigenvalue weighted by Crippen LogP contribution is 2.38. The summed E-state index contributed by atoms with van der Waals surface area (Å²) in [5.41, 5.74) is -2.51. The third-order valence-electron chi connectivity index (χ3n) is 2.13. The first-order chi connectivity index (χ1) is 7.13. The van der Waals surface area contributed by atoms with Gasteiger partial charge in [0, 0.05) is 6.08 Å². The monoisotopic (exact) mass is 238 g/mol. The molecule has 0 aliphatic heterocycles. The summed E-state index contributed by atoms with van der Waals surface area (Å²) >= 11 is 0. The average Bonchev–Trinajstić information content (AvgIpc) is 2.12. The Kier molecular flexibility index (Phi) is 4.71. The Morgan fingerprint density at radius 1 is 1.25 bits per heavy atom. The Bertz CT molecular complexity index is 303. The van der Waals surface area contributed by atoms with Crippen molar-refractivity contribution in [3.63, 3.8) is 0 Å². The van der Waals surface area contributed by atoms with Crippen molar-refractivity contribution in [2.24, 2.45) is 5.41 Å². The SMILES string of the molecule is CO/C=C/C(=O)CC(=O)C(C)(C)C(F)(F)F. The molecule has 0 N–H and O–H groups in total. The number of hydrogen-bond acceptors (Lipinski definition) is 3. The molecular formula is C10H13F3O3. The van der Waals surface area contributed by atoms with Gasteiger partial charge in [0.1, 0.15) is 5.41 Å². The molecule has 0 fully saturated rings. The quantitative estimate of drug-likeness (QED) is 0.419. The molecule has 0 amide bonds. The van der Waals surface area contributed by atoms with Gasteiger partial charge in [-0.1, -0.05) is 0 Å². The maximum absolute atomic E-state index is 12.4. The first-order valence-electron chi connectivity index (χ1n) is 4.45. The average molecular weight is 238 g/mol. The number of ether oxygens (including phenoxy) is 1. The predicted octanol–water partition coefficient (Wildman–Crippen LogP) is 2.26. The minimum absolute atomic E-state index is 0.718. The van der Waals surface area contributed by atoms with E-state index in [0.29, 0.717) is 0 Å². The van der Waals surface area contributed by atoms with E-state index in [9.17, 15) is 22.8 Å². The lowest BCUT2D eigenvalue weighted by atomic mass is 9.85. The van der Waals surface area contributed by atoms with Crippen LogP contribution in [-0.2, 0) is 14.3 Å². The molecular weight excluding hydrogens is 225 g/mol. The van der Waals surface area contributed by atoms with Gasteiger partial charge >= 0.3 is 6.18 Å². The molecule has 0 aromatic carbocycles. The molecule has 0 atom stereocenters. The molecule has 0 aromatic heterocycles. The lowest BCUT2D eigenvalue weighted by molar-refractivity contribution is -0.209. The van der Waals surface area contributed by atoms with Crippen molar-refractivity contribution in [1.82, 2.24) is 0 Å².